The Bertz CT molecular complexity index is 635. The van der Waals surface area contributed by atoms with Gasteiger partial charge in [-0.3, -0.25) is 0 Å². The van der Waals surface area contributed by atoms with Gasteiger partial charge in [0.15, 0.2) is 0 Å². The van der Waals surface area contributed by atoms with Crippen LogP contribution in [-0.2, 0) is 9.53 Å². The highest BCUT2D eigenvalue weighted by Gasteiger charge is 2.84. The zero-order chi connectivity index (χ0) is 24.6. The topological polar surface area (TPSA) is 26.3 Å². The van der Waals surface area contributed by atoms with Crippen LogP contribution >= 0.6 is 0 Å². The van der Waals surface area contributed by atoms with Crippen LogP contribution in [0.5, 0.6) is 0 Å². The van der Waals surface area contributed by atoms with Gasteiger partial charge in [-0.05, 0) is 0 Å². The zero-order valence-electron chi connectivity index (χ0n) is 13.9. The summed E-state index contributed by atoms with van der Waals surface area (Å²) in [5, 5.41) is 0. The van der Waals surface area contributed by atoms with Crippen molar-refractivity contribution < 1.29 is 75.4 Å². The van der Waals surface area contributed by atoms with Crippen molar-refractivity contribution in [2.75, 3.05) is 6.61 Å². The van der Waals surface area contributed by atoms with Gasteiger partial charge in [0.2, 0.25) is 0 Å². The number of rotatable bonds is 10. The van der Waals surface area contributed by atoms with Crippen LogP contribution in [0.2, 0.25) is 0 Å². The smallest absolute Gasteiger partial charge is 0.460 e. The highest BCUT2D eigenvalue weighted by molar-refractivity contribution is 5.81. The van der Waals surface area contributed by atoms with Crippen LogP contribution < -0.4 is 0 Å². The molecule has 0 aromatic carbocycles. The first-order chi connectivity index (χ1) is 12.9. The second-order valence-electron chi connectivity index (χ2n) is 5.63. The quantitative estimate of drug-likeness (QED) is 0.221. The number of alkyl halides is 15. The number of ether oxygens (including phenoxy) is 1. The van der Waals surface area contributed by atoms with Crippen molar-refractivity contribution in [3.63, 3.8) is 0 Å². The molecule has 0 aromatic rings. The van der Waals surface area contributed by atoms with E-state index in [9.17, 15) is 70.7 Å². The summed E-state index contributed by atoms with van der Waals surface area (Å²) in [5.74, 6) is -44.1. The Hall–Kier alpha value is -1.84. The second-order valence-corrected chi connectivity index (χ2v) is 5.63. The highest BCUT2D eigenvalue weighted by atomic mass is 19.4. The van der Waals surface area contributed by atoms with Crippen LogP contribution in [0, 0.1) is 0 Å². The van der Waals surface area contributed by atoms with Crippen molar-refractivity contribution in [1.29, 1.82) is 0 Å². The van der Waals surface area contributed by atoms with Gasteiger partial charge in [0, 0.05) is 6.08 Å². The van der Waals surface area contributed by atoms with Crippen molar-refractivity contribution in [3.05, 3.63) is 12.7 Å². The Kier molecular flexibility index (Phi) is 7.52. The van der Waals surface area contributed by atoms with Crippen LogP contribution in [0.25, 0.3) is 0 Å². The van der Waals surface area contributed by atoms with Crippen molar-refractivity contribution in [2.45, 2.75) is 54.6 Å². The monoisotopic (exact) mass is 482 g/mol. The van der Waals surface area contributed by atoms with E-state index in [1.54, 1.807) is 0 Å². The summed E-state index contributed by atoms with van der Waals surface area (Å²) in [7, 11) is 0. The molecule has 0 unspecified atom stereocenters. The molecular weight excluding hydrogens is 473 g/mol. The SMILES string of the molecule is C=CC(=O)OCCC(F)(F)C(F)(F)C(F)(F)CC(F)(F)C(F)(F)C(F)(F)C(F)(F)F. The first kappa shape index (κ1) is 28.2. The van der Waals surface area contributed by atoms with Gasteiger partial charge in [0.1, 0.15) is 0 Å². The summed E-state index contributed by atoms with van der Waals surface area (Å²) < 4.78 is 197. The number of hydrogen-bond donors (Lipinski definition) is 0. The van der Waals surface area contributed by atoms with E-state index in [4.69, 9.17) is 0 Å². The average Bonchev–Trinajstić information content (AvgIpc) is 2.51. The van der Waals surface area contributed by atoms with Gasteiger partial charge in [-0.1, -0.05) is 6.58 Å². The lowest BCUT2D eigenvalue weighted by molar-refractivity contribution is -0.408. The maximum atomic E-state index is 13.4. The maximum absolute atomic E-state index is 13.4. The lowest BCUT2D eigenvalue weighted by Crippen LogP contribution is -2.64. The molecule has 0 aliphatic carbocycles. The summed E-state index contributed by atoms with van der Waals surface area (Å²) in [6.07, 6.45) is -14.1. The summed E-state index contributed by atoms with van der Waals surface area (Å²) in [6.45, 7) is 1.00. The lowest BCUT2D eigenvalue weighted by Gasteiger charge is -2.38. The van der Waals surface area contributed by atoms with Gasteiger partial charge in [-0.25, -0.2) is 4.79 Å². The molecule has 0 amide bonds. The standard InChI is InChI=1S/C13H9F15O2/c1-2-6(29)30-4-3-7(14,15)10(20,21)8(16,17)5-9(18,19)11(22,23)12(24,25)13(26,27)28/h2H,1,3-5H2. The van der Waals surface area contributed by atoms with E-state index in [0.29, 0.717) is 6.08 Å². The van der Waals surface area contributed by atoms with Gasteiger partial charge in [0.25, 0.3) is 0 Å². The first-order valence-corrected chi connectivity index (χ1v) is 7.04. The summed E-state index contributed by atoms with van der Waals surface area (Å²) in [4.78, 5) is 10.6. The zero-order valence-corrected chi connectivity index (χ0v) is 13.9. The lowest BCUT2D eigenvalue weighted by atomic mass is 9.92. The van der Waals surface area contributed by atoms with Gasteiger partial charge < -0.3 is 4.74 Å². The number of carbonyl (C=O) groups excluding carboxylic acids is 1. The second kappa shape index (κ2) is 8.01. The van der Waals surface area contributed by atoms with E-state index in [2.05, 4.69) is 11.3 Å². The Morgan fingerprint density at radius 2 is 1.07 bits per heavy atom. The molecule has 0 saturated carbocycles. The van der Waals surface area contributed by atoms with Gasteiger partial charge in [0.05, 0.1) is 19.4 Å². The van der Waals surface area contributed by atoms with E-state index in [1.165, 1.54) is 0 Å². The molecule has 0 saturated heterocycles. The minimum Gasteiger partial charge on any atom is -0.462 e. The molecule has 0 atom stereocenters. The van der Waals surface area contributed by atoms with Crippen LogP contribution in [0.1, 0.15) is 12.8 Å². The number of hydrogen-bond acceptors (Lipinski definition) is 2. The van der Waals surface area contributed by atoms with Crippen molar-refractivity contribution in [2.24, 2.45) is 0 Å². The van der Waals surface area contributed by atoms with Crippen molar-refractivity contribution in [3.8, 4) is 0 Å². The molecule has 2 nitrogen and oxygen atoms in total. The normalized spacial score (nSPS) is 15.2. The van der Waals surface area contributed by atoms with Crippen molar-refractivity contribution in [1.82, 2.24) is 0 Å². The van der Waals surface area contributed by atoms with Crippen LogP contribution in [0.4, 0.5) is 65.9 Å². The third-order valence-corrected chi connectivity index (χ3v) is 3.40. The molecule has 30 heavy (non-hydrogen) atoms. The van der Waals surface area contributed by atoms with E-state index in [0.717, 1.165) is 0 Å². The number of halogens is 15. The third kappa shape index (κ3) is 4.90. The predicted molar refractivity (Wildman–Crippen MR) is 66.1 cm³/mol. The average molecular weight is 482 g/mol. The summed E-state index contributed by atoms with van der Waals surface area (Å²) >= 11 is 0. The van der Waals surface area contributed by atoms with Gasteiger partial charge in [-0.2, -0.15) is 65.9 Å². The fourth-order valence-electron chi connectivity index (χ4n) is 1.67. The molecule has 0 heterocycles. The minimum absolute atomic E-state index is 0.314. The Morgan fingerprint density at radius 3 is 1.43 bits per heavy atom. The molecule has 17 heteroatoms. The first-order valence-electron chi connectivity index (χ1n) is 7.04. The Labute approximate surface area is 156 Å². The molecule has 0 aliphatic heterocycles. The maximum Gasteiger partial charge on any atom is 0.460 e. The fraction of sp³-hybridized carbons (Fsp3) is 0.769. The third-order valence-electron chi connectivity index (χ3n) is 3.40. The van der Waals surface area contributed by atoms with Gasteiger partial charge >= 0.3 is 47.7 Å². The summed E-state index contributed by atoms with van der Waals surface area (Å²) in [5.41, 5.74) is 0. The highest BCUT2D eigenvalue weighted by Crippen LogP contribution is 2.58. The molecule has 0 spiro atoms. The summed E-state index contributed by atoms with van der Waals surface area (Å²) in [6, 6.07) is 0. The van der Waals surface area contributed by atoms with E-state index >= 15 is 0 Å². The number of carbonyl (C=O) groups is 1. The van der Waals surface area contributed by atoms with Crippen LogP contribution in [0.15, 0.2) is 12.7 Å². The van der Waals surface area contributed by atoms with Crippen LogP contribution in [0.3, 0.4) is 0 Å². The minimum atomic E-state index is -7.72. The largest absolute Gasteiger partial charge is 0.462 e. The molecule has 0 bridgehead atoms. The van der Waals surface area contributed by atoms with Crippen molar-refractivity contribution >= 4 is 5.97 Å². The molecule has 0 radical (unpaired) electrons. The van der Waals surface area contributed by atoms with E-state index in [1.807, 2.05) is 0 Å². The fourth-order valence-corrected chi connectivity index (χ4v) is 1.67. The Morgan fingerprint density at radius 1 is 0.667 bits per heavy atom. The molecule has 0 aromatic heterocycles. The molecule has 0 aliphatic rings. The molecular formula is C13H9F15O2. The predicted octanol–water partition coefficient (Wildman–Crippen LogP) is 5.87. The van der Waals surface area contributed by atoms with E-state index < -0.39 is 67.1 Å². The number of esters is 1. The van der Waals surface area contributed by atoms with E-state index in [-0.39, 0.29) is 0 Å². The molecule has 178 valence electrons. The molecule has 0 rings (SSSR count). The van der Waals surface area contributed by atoms with Crippen LogP contribution in [-0.4, -0.2) is 54.3 Å². The van der Waals surface area contributed by atoms with Gasteiger partial charge in [-0.15, -0.1) is 0 Å². The Balaban J connectivity index is 5.84. The molecule has 0 N–H and O–H groups in total. The molecule has 0 fully saturated rings.